The van der Waals surface area contributed by atoms with Crippen LogP contribution in [0.3, 0.4) is 0 Å². The van der Waals surface area contributed by atoms with Gasteiger partial charge in [-0.1, -0.05) is 63.1 Å². The van der Waals surface area contributed by atoms with E-state index in [2.05, 4.69) is 35.2 Å². The van der Waals surface area contributed by atoms with Crippen molar-refractivity contribution in [2.45, 2.75) is 65.5 Å². The van der Waals surface area contributed by atoms with E-state index in [1.165, 1.54) is 0 Å². The zero-order valence-corrected chi connectivity index (χ0v) is 28.6. The molecule has 11 nitrogen and oxygen atoms in total. The van der Waals surface area contributed by atoms with Crippen LogP contribution in [0.15, 0.2) is 71.4 Å². The van der Waals surface area contributed by atoms with Crippen molar-refractivity contribution in [1.29, 1.82) is 0 Å². The first-order valence-corrected chi connectivity index (χ1v) is 17.6. The minimum Gasteiger partial charge on any atom is -0.408 e. The fraction of sp³-hybridized carbons (Fsp3) is 0.361. The number of nitrogens with zero attached hydrogens (tertiary/aromatic N) is 6. The van der Waals surface area contributed by atoms with Crippen molar-refractivity contribution in [2.24, 2.45) is 0 Å². The molecule has 2 radical (unpaired) electrons. The van der Waals surface area contributed by atoms with Crippen LogP contribution in [0.2, 0.25) is 0 Å². The number of carbonyl (C=O) groups excluding carboxylic acids is 2. The molecule has 6 rings (SSSR count). The molecular weight excluding hydrogens is 623 g/mol. The quantitative estimate of drug-likeness (QED) is 0.174. The lowest BCUT2D eigenvalue weighted by Crippen LogP contribution is -2.46. The number of aryl methyl sites for hydroxylation is 1. The first-order valence-electron chi connectivity index (χ1n) is 16.6. The van der Waals surface area contributed by atoms with Crippen molar-refractivity contribution in [1.82, 2.24) is 29.9 Å². The standard InChI is InChI=1S/C36H41N7O4Si/c1-4-6-17-41(18-7-5-2)36(46)31-19-24(3)43(37-31)32-16-15-27(40-48-33-14-10-13-30-34(33)39-47-38-30)21-29(32)35(45)42-22-26-12-9-8-11-25(26)20-28(42)23-44/h8-16,19,21,28,40,44H,4-7,17-18,20,22-23H2,1-3H3/t28-/m0/s1. The summed E-state index contributed by atoms with van der Waals surface area (Å²) in [7, 11) is 0.128. The van der Waals surface area contributed by atoms with Crippen LogP contribution in [0.25, 0.3) is 16.7 Å². The molecule has 2 aromatic heterocycles. The summed E-state index contributed by atoms with van der Waals surface area (Å²) < 4.78 is 6.63. The molecule has 0 bridgehead atoms. The number of carbonyl (C=O) groups is 2. The number of anilines is 1. The van der Waals surface area contributed by atoms with Gasteiger partial charge >= 0.3 is 0 Å². The zero-order valence-electron chi connectivity index (χ0n) is 27.6. The van der Waals surface area contributed by atoms with Crippen LogP contribution < -0.4 is 10.2 Å². The van der Waals surface area contributed by atoms with E-state index >= 15 is 0 Å². The molecule has 0 aliphatic carbocycles. The molecule has 0 fully saturated rings. The fourth-order valence-corrected chi connectivity index (χ4v) is 7.06. The summed E-state index contributed by atoms with van der Waals surface area (Å²) in [6.45, 7) is 7.72. The second kappa shape index (κ2) is 15.0. The summed E-state index contributed by atoms with van der Waals surface area (Å²) in [5.41, 5.74) is 6.38. The van der Waals surface area contributed by atoms with E-state index in [0.29, 0.717) is 54.0 Å². The Morgan fingerprint density at radius 2 is 1.77 bits per heavy atom. The molecular formula is C36H41N7O4Si. The fourth-order valence-electron chi connectivity index (χ4n) is 6.16. The van der Waals surface area contributed by atoms with Gasteiger partial charge in [-0.2, -0.15) is 5.10 Å². The molecule has 12 heteroatoms. The molecule has 2 amide bonds. The highest BCUT2D eigenvalue weighted by Crippen LogP contribution is 2.29. The number of nitrogens with one attached hydrogen (secondary N) is 1. The van der Waals surface area contributed by atoms with Crippen LogP contribution >= 0.6 is 0 Å². The highest BCUT2D eigenvalue weighted by molar-refractivity contribution is 6.59. The molecule has 48 heavy (non-hydrogen) atoms. The van der Waals surface area contributed by atoms with Crippen molar-refractivity contribution < 1.29 is 19.3 Å². The summed E-state index contributed by atoms with van der Waals surface area (Å²) in [6.07, 6.45) is 4.41. The summed E-state index contributed by atoms with van der Waals surface area (Å²) in [6, 6.07) is 20.8. The van der Waals surface area contributed by atoms with E-state index in [1.807, 2.05) is 66.4 Å². The van der Waals surface area contributed by atoms with Gasteiger partial charge in [-0.3, -0.25) is 9.59 Å². The Labute approximate surface area is 282 Å². The molecule has 0 saturated carbocycles. The Bertz CT molecular complexity index is 1900. The van der Waals surface area contributed by atoms with Crippen LogP contribution in [0.1, 0.15) is 77.2 Å². The predicted molar refractivity (Wildman–Crippen MR) is 186 cm³/mol. The van der Waals surface area contributed by atoms with Gasteiger partial charge in [0.1, 0.15) is 11.0 Å². The monoisotopic (exact) mass is 663 g/mol. The second-order valence-corrected chi connectivity index (χ2v) is 13.3. The number of fused-ring (bicyclic) bond motifs is 2. The van der Waals surface area contributed by atoms with Crippen molar-refractivity contribution in [3.05, 3.63) is 94.8 Å². The third kappa shape index (κ3) is 6.90. The molecule has 1 aliphatic heterocycles. The van der Waals surface area contributed by atoms with Gasteiger partial charge < -0.3 is 19.9 Å². The molecule has 0 spiro atoms. The largest absolute Gasteiger partial charge is 0.408 e. The average molecular weight is 664 g/mol. The summed E-state index contributed by atoms with van der Waals surface area (Å²) in [4.78, 5) is 35.4. The predicted octanol–water partition coefficient (Wildman–Crippen LogP) is 4.68. The normalized spacial score (nSPS) is 14.2. The number of benzene rings is 3. The molecule has 2 N–H and O–H groups in total. The number of amides is 2. The van der Waals surface area contributed by atoms with Crippen molar-refractivity contribution >= 4 is 43.4 Å². The first kappa shape index (κ1) is 33.1. The molecule has 3 aromatic carbocycles. The summed E-state index contributed by atoms with van der Waals surface area (Å²) in [5, 5.41) is 24.1. The third-order valence-corrected chi connectivity index (χ3v) is 9.95. The Morgan fingerprint density at radius 1 is 1.00 bits per heavy atom. The summed E-state index contributed by atoms with van der Waals surface area (Å²) in [5.74, 6) is -0.320. The number of rotatable bonds is 13. The van der Waals surface area contributed by atoms with Gasteiger partial charge in [0.2, 0.25) is 9.68 Å². The van der Waals surface area contributed by atoms with Crippen LogP contribution in [0, 0.1) is 6.92 Å². The van der Waals surface area contributed by atoms with E-state index in [4.69, 9.17) is 9.73 Å². The lowest BCUT2D eigenvalue weighted by Gasteiger charge is -2.36. The number of aromatic nitrogens is 4. The lowest BCUT2D eigenvalue weighted by molar-refractivity contribution is 0.0544. The van der Waals surface area contributed by atoms with Gasteiger partial charge in [-0.05, 0) is 83.1 Å². The van der Waals surface area contributed by atoms with Crippen molar-refractivity contribution in [2.75, 3.05) is 24.7 Å². The number of hydrogen-bond acceptors (Lipinski definition) is 8. The van der Waals surface area contributed by atoms with Crippen molar-refractivity contribution in [3.63, 3.8) is 0 Å². The number of unbranched alkanes of at least 4 members (excludes halogenated alkanes) is 2. The molecule has 5 aromatic rings. The van der Waals surface area contributed by atoms with Gasteiger partial charge in [-0.25, -0.2) is 9.31 Å². The Balaban J connectivity index is 1.36. The topological polar surface area (TPSA) is 130 Å². The van der Waals surface area contributed by atoms with Gasteiger partial charge in [0.15, 0.2) is 5.69 Å². The number of aliphatic hydroxyl groups excluding tert-OH is 1. The first-order chi connectivity index (χ1) is 23.4. The van der Waals surface area contributed by atoms with Gasteiger partial charge in [-0.15, -0.1) is 0 Å². The molecule has 1 atom stereocenters. The van der Waals surface area contributed by atoms with E-state index in [9.17, 15) is 14.7 Å². The Hall–Kier alpha value is -4.81. The second-order valence-electron chi connectivity index (χ2n) is 12.2. The SMILES string of the molecule is CCCCN(CCCC)C(=O)c1cc(C)n(-c2ccc(N[Si]c3cccc4nonc34)cc2C(=O)N2Cc3ccccc3C[C@H]2CO)n1. The Morgan fingerprint density at radius 3 is 2.52 bits per heavy atom. The number of hydrogen-bond donors (Lipinski definition) is 2. The lowest BCUT2D eigenvalue weighted by atomic mass is 9.93. The highest BCUT2D eigenvalue weighted by atomic mass is 28.2. The molecule has 0 saturated heterocycles. The molecule has 3 heterocycles. The van der Waals surface area contributed by atoms with Crippen molar-refractivity contribution in [3.8, 4) is 5.69 Å². The van der Waals surface area contributed by atoms with Gasteiger partial charge in [0, 0.05) is 31.0 Å². The maximum atomic E-state index is 14.6. The summed E-state index contributed by atoms with van der Waals surface area (Å²) >= 11 is 0. The van der Waals surface area contributed by atoms with E-state index in [0.717, 1.165) is 53.4 Å². The van der Waals surface area contributed by atoms with E-state index < -0.39 is 0 Å². The minimum atomic E-state index is -0.377. The molecule has 1 aliphatic rings. The number of aliphatic hydroxyl groups is 1. The average Bonchev–Trinajstić information content (AvgIpc) is 3.76. The molecule has 0 unspecified atom stereocenters. The third-order valence-electron chi connectivity index (χ3n) is 8.87. The van der Waals surface area contributed by atoms with E-state index in [1.54, 1.807) is 15.6 Å². The highest BCUT2D eigenvalue weighted by Gasteiger charge is 2.32. The van der Waals surface area contributed by atoms with Crippen LogP contribution in [-0.2, 0) is 13.0 Å². The van der Waals surface area contributed by atoms with Crippen LogP contribution in [0.5, 0.6) is 0 Å². The van der Waals surface area contributed by atoms with Crippen LogP contribution in [0.4, 0.5) is 5.69 Å². The van der Waals surface area contributed by atoms with Crippen LogP contribution in [-0.4, -0.2) is 82.2 Å². The zero-order chi connectivity index (χ0) is 33.6. The van der Waals surface area contributed by atoms with Gasteiger partial charge in [0.05, 0.1) is 23.9 Å². The van der Waals surface area contributed by atoms with Gasteiger partial charge in [0.25, 0.3) is 11.8 Å². The maximum Gasteiger partial charge on any atom is 0.274 e. The maximum absolute atomic E-state index is 14.6. The smallest absolute Gasteiger partial charge is 0.274 e. The Kier molecular flexibility index (Phi) is 10.3. The minimum absolute atomic E-state index is 0.101. The molecule has 248 valence electrons. The van der Waals surface area contributed by atoms with E-state index in [-0.39, 0.29) is 34.1 Å².